The fourth-order valence-electron chi connectivity index (χ4n) is 0.916. The molecule has 1 heterocycles. The highest BCUT2D eigenvalue weighted by Crippen LogP contribution is 2.25. The lowest BCUT2D eigenvalue weighted by Crippen LogP contribution is -2.10. The van der Waals surface area contributed by atoms with Crippen molar-refractivity contribution < 1.29 is 9.66 Å². The van der Waals surface area contributed by atoms with Crippen LogP contribution < -0.4 is 10.1 Å². The lowest BCUT2D eigenvalue weighted by atomic mass is 10.4. The molecule has 0 aliphatic heterocycles. The smallest absolute Gasteiger partial charge is 0.349 e. The predicted octanol–water partition coefficient (Wildman–Crippen LogP) is 1.21. The second kappa shape index (κ2) is 4.54. The summed E-state index contributed by atoms with van der Waals surface area (Å²) in [5, 5.41) is 13.3. The number of rotatable bonds is 4. The topological polar surface area (TPSA) is 90.2 Å². The van der Waals surface area contributed by atoms with E-state index < -0.39 is 4.92 Å². The zero-order valence-electron chi connectivity index (χ0n) is 8.72. The van der Waals surface area contributed by atoms with E-state index in [1.807, 2.05) is 0 Å². The molecule has 1 aromatic rings. The first-order chi connectivity index (χ1) is 7.04. The Kier molecular flexibility index (Phi) is 3.37. The maximum atomic E-state index is 10.6. The molecule has 0 aromatic carbocycles. The molecule has 7 heteroatoms. The van der Waals surface area contributed by atoms with Gasteiger partial charge in [0, 0.05) is 7.05 Å². The van der Waals surface area contributed by atoms with E-state index in [0.717, 1.165) is 6.20 Å². The first-order valence-electron chi connectivity index (χ1n) is 4.40. The van der Waals surface area contributed by atoms with E-state index in [9.17, 15) is 10.1 Å². The van der Waals surface area contributed by atoms with Crippen molar-refractivity contribution >= 4 is 11.6 Å². The predicted molar refractivity (Wildman–Crippen MR) is 54.0 cm³/mol. The van der Waals surface area contributed by atoms with Gasteiger partial charge in [0.1, 0.15) is 6.20 Å². The molecular formula is C8H12N4O3. The maximum absolute atomic E-state index is 10.6. The lowest BCUT2D eigenvalue weighted by Gasteiger charge is -2.09. The van der Waals surface area contributed by atoms with E-state index in [4.69, 9.17) is 4.74 Å². The summed E-state index contributed by atoms with van der Waals surface area (Å²) in [6.45, 7) is 3.54. The first kappa shape index (κ1) is 11.2. The van der Waals surface area contributed by atoms with Crippen molar-refractivity contribution in [2.75, 3.05) is 12.4 Å². The molecule has 0 bridgehead atoms. The van der Waals surface area contributed by atoms with Crippen LogP contribution in [0.1, 0.15) is 13.8 Å². The van der Waals surface area contributed by atoms with Gasteiger partial charge in [-0.1, -0.05) is 0 Å². The number of nitrogens with one attached hydrogen (secondary N) is 1. The second-order valence-corrected chi connectivity index (χ2v) is 3.06. The van der Waals surface area contributed by atoms with Gasteiger partial charge in [0.2, 0.25) is 5.95 Å². The van der Waals surface area contributed by atoms with E-state index in [1.165, 1.54) is 0 Å². The highest BCUT2D eigenvalue weighted by Gasteiger charge is 2.19. The third-order valence-electron chi connectivity index (χ3n) is 1.50. The van der Waals surface area contributed by atoms with Gasteiger partial charge in [0.15, 0.2) is 0 Å². The number of hydrogen-bond donors (Lipinski definition) is 1. The maximum Gasteiger partial charge on any atom is 0.349 e. The summed E-state index contributed by atoms with van der Waals surface area (Å²) in [6, 6.07) is 0. The molecule has 0 spiro atoms. The molecule has 0 saturated carbocycles. The molecule has 0 saturated heterocycles. The third-order valence-corrected chi connectivity index (χ3v) is 1.50. The van der Waals surface area contributed by atoms with Crippen molar-refractivity contribution in [2.45, 2.75) is 20.0 Å². The molecule has 0 radical (unpaired) electrons. The summed E-state index contributed by atoms with van der Waals surface area (Å²) < 4.78 is 5.22. The van der Waals surface area contributed by atoms with Crippen molar-refractivity contribution in [1.82, 2.24) is 9.97 Å². The van der Waals surface area contributed by atoms with Crippen LogP contribution in [0.15, 0.2) is 6.20 Å². The van der Waals surface area contributed by atoms with Crippen LogP contribution in [0.3, 0.4) is 0 Å². The number of ether oxygens (including phenoxy) is 1. The molecule has 15 heavy (non-hydrogen) atoms. The van der Waals surface area contributed by atoms with Gasteiger partial charge in [0.25, 0.3) is 5.88 Å². The number of nitrogens with zero attached hydrogens (tertiary/aromatic N) is 3. The van der Waals surface area contributed by atoms with Crippen LogP contribution in [0.4, 0.5) is 11.6 Å². The highest BCUT2D eigenvalue weighted by molar-refractivity contribution is 5.42. The molecular weight excluding hydrogens is 200 g/mol. The Morgan fingerprint density at radius 3 is 2.73 bits per heavy atom. The highest BCUT2D eigenvalue weighted by atomic mass is 16.6. The van der Waals surface area contributed by atoms with Crippen molar-refractivity contribution in [2.24, 2.45) is 0 Å². The van der Waals surface area contributed by atoms with Crippen LogP contribution in [-0.2, 0) is 0 Å². The minimum Gasteiger partial charge on any atom is -0.470 e. The molecule has 0 unspecified atom stereocenters. The van der Waals surface area contributed by atoms with Crippen molar-refractivity contribution in [3.05, 3.63) is 16.3 Å². The van der Waals surface area contributed by atoms with Crippen LogP contribution in [-0.4, -0.2) is 28.0 Å². The number of hydrogen-bond acceptors (Lipinski definition) is 6. The molecule has 0 amide bonds. The average Bonchev–Trinajstić information content (AvgIpc) is 2.16. The quantitative estimate of drug-likeness (QED) is 0.596. The molecule has 7 nitrogen and oxygen atoms in total. The lowest BCUT2D eigenvalue weighted by molar-refractivity contribution is -0.386. The molecule has 0 aliphatic rings. The normalized spacial score (nSPS) is 10.1. The van der Waals surface area contributed by atoms with Crippen LogP contribution in [0.2, 0.25) is 0 Å². The fraction of sp³-hybridized carbons (Fsp3) is 0.500. The van der Waals surface area contributed by atoms with Crippen molar-refractivity contribution in [3.63, 3.8) is 0 Å². The van der Waals surface area contributed by atoms with E-state index in [2.05, 4.69) is 15.3 Å². The molecule has 82 valence electrons. The Morgan fingerprint density at radius 2 is 2.27 bits per heavy atom. The van der Waals surface area contributed by atoms with Gasteiger partial charge in [-0.15, -0.1) is 0 Å². The molecule has 1 aromatic heterocycles. The SMILES string of the molecule is CNc1ncc([N+](=O)[O-])c(OC(C)C)n1. The molecule has 0 atom stereocenters. The van der Waals surface area contributed by atoms with Gasteiger partial charge < -0.3 is 10.1 Å². The van der Waals surface area contributed by atoms with Crippen molar-refractivity contribution in [1.29, 1.82) is 0 Å². The average molecular weight is 212 g/mol. The van der Waals surface area contributed by atoms with Crippen LogP contribution in [0, 0.1) is 10.1 Å². The standard InChI is InChI=1S/C8H12N4O3/c1-5(2)15-7-6(12(13)14)4-10-8(9-3)11-7/h4-5H,1-3H3,(H,9,10,11). The Morgan fingerprint density at radius 1 is 1.60 bits per heavy atom. The van der Waals surface area contributed by atoms with E-state index in [1.54, 1.807) is 20.9 Å². The first-order valence-corrected chi connectivity index (χ1v) is 4.40. The summed E-state index contributed by atoms with van der Waals surface area (Å²) in [4.78, 5) is 17.7. The van der Waals surface area contributed by atoms with Crippen molar-refractivity contribution in [3.8, 4) is 5.88 Å². The molecule has 1 N–H and O–H groups in total. The van der Waals surface area contributed by atoms with Gasteiger partial charge in [-0.3, -0.25) is 10.1 Å². The summed E-state index contributed by atoms with van der Waals surface area (Å²) in [5.41, 5.74) is -0.234. The zero-order valence-corrected chi connectivity index (χ0v) is 8.72. The summed E-state index contributed by atoms with van der Waals surface area (Å²) in [6.07, 6.45) is 0.944. The third kappa shape index (κ3) is 2.76. The van der Waals surface area contributed by atoms with Crippen LogP contribution in [0.5, 0.6) is 5.88 Å². The molecule has 0 fully saturated rings. The Hall–Kier alpha value is -1.92. The van der Waals surface area contributed by atoms with E-state index >= 15 is 0 Å². The van der Waals surface area contributed by atoms with Gasteiger partial charge in [0.05, 0.1) is 11.0 Å². The fourth-order valence-corrected chi connectivity index (χ4v) is 0.916. The summed E-state index contributed by atoms with van der Waals surface area (Å²) in [5.74, 6) is 0.269. The van der Waals surface area contributed by atoms with Gasteiger partial charge in [-0.05, 0) is 13.8 Å². The van der Waals surface area contributed by atoms with Crippen LogP contribution >= 0.6 is 0 Å². The van der Waals surface area contributed by atoms with Gasteiger partial charge in [-0.25, -0.2) is 4.98 Å². The Balaban J connectivity index is 3.10. The van der Waals surface area contributed by atoms with Gasteiger partial charge in [-0.2, -0.15) is 4.98 Å². The number of nitro groups is 1. The Labute approximate surface area is 86.6 Å². The van der Waals surface area contributed by atoms with Crippen LogP contribution in [0.25, 0.3) is 0 Å². The van der Waals surface area contributed by atoms with E-state index in [-0.39, 0.29) is 23.6 Å². The molecule has 1 rings (SSSR count). The number of anilines is 1. The number of aromatic nitrogens is 2. The second-order valence-electron chi connectivity index (χ2n) is 3.06. The van der Waals surface area contributed by atoms with E-state index in [0.29, 0.717) is 0 Å². The monoisotopic (exact) mass is 212 g/mol. The minimum atomic E-state index is -0.572. The summed E-state index contributed by atoms with van der Waals surface area (Å²) >= 11 is 0. The Bertz CT molecular complexity index is 367. The largest absolute Gasteiger partial charge is 0.470 e. The van der Waals surface area contributed by atoms with Gasteiger partial charge >= 0.3 is 5.69 Å². The zero-order chi connectivity index (χ0) is 11.4. The minimum absolute atomic E-state index is 0.0191. The molecule has 0 aliphatic carbocycles. The summed E-state index contributed by atoms with van der Waals surface area (Å²) in [7, 11) is 1.63.